The van der Waals surface area contributed by atoms with E-state index in [0.717, 1.165) is 0 Å². The third kappa shape index (κ3) is 4.57. The predicted molar refractivity (Wildman–Crippen MR) is 146 cm³/mol. The number of hydrogen-bond donors (Lipinski definition) is 1. The van der Waals surface area contributed by atoms with E-state index in [2.05, 4.69) is 26.8 Å². The highest BCUT2D eigenvalue weighted by molar-refractivity contribution is 6.41. The molecule has 13 heteroatoms. The second-order valence-electron chi connectivity index (χ2n) is 8.63. The first kappa shape index (κ1) is 26.0. The van der Waals surface area contributed by atoms with E-state index in [1.807, 2.05) is 6.07 Å². The van der Waals surface area contributed by atoms with Crippen LogP contribution in [0.4, 0.5) is 5.95 Å². The molecule has 1 N–H and O–H groups in total. The summed E-state index contributed by atoms with van der Waals surface area (Å²) >= 11 is 13.6. The first-order chi connectivity index (χ1) is 18.4. The second kappa shape index (κ2) is 10.6. The van der Waals surface area contributed by atoms with E-state index in [9.17, 15) is 4.79 Å². The number of benzene rings is 1. The van der Waals surface area contributed by atoms with E-state index in [4.69, 9.17) is 42.8 Å². The number of fused-ring (bicyclic) bond motifs is 3. The maximum atomic E-state index is 11.9. The van der Waals surface area contributed by atoms with Crippen molar-refractivity contribution in [1.29, 1.82) is 0 Å². The molecule has 3 aromatic heterocycles. The number of halogens is 2. The van der Waals surface area contributed by atoms with Crippen molar-refractivity contribution in [2.45, 2.75) is 6.54 Å². The minimum absolute atomic E-state index is 0.0610. The van der Waals surface area contributed by atoms with Gasteiger partial charge in [0.15, 0.2) is 17.1 Å². The Morgan fingerprint density at radius 3 is 2.37 bits per heavy atom. The van der Waals surface area contributed by atoms with Gasteiger partial charge in [0, 0.05) is 62.0 Å². The molecular weight excluding hydrogens is 531 g/mol. The molecule has 11 nitrogen and oxygen atoms in total. The molecule has 4 aromatic rings. The summed E-state index contributed by atoms with van der Waals surface area (Å²) in [5.74, 6) is 1.80. The Kier molecular flexibility index (Phi) is 7.24. The van der Waals surface area contributed by atoms with Crippen LogP contribution < -0.4 is 14.8 Å². The Morgan fingerprint density at radius 1 is 1.08 bits per heavy atom. The molecule has 1 aliphatic rings. The van der Waals surface area contributed by atoms with Gasteiger partial charge < -0.3 is 19.7 Å². The number of aromatic nitrogens is 5. The van der Waals surface area contributed by atoms with Gasteiger partial charge in [0.2, 0.25) is 11.9 Å². The van der Waals surface area contributed by atoms with Crippen LogP contribution in [0.25, 0.3) is 27.8 Å². The lowest BCUT2D eigenvalue weighted by Gasteiger charge is -2.33. The standard InChI is InChI=1S/C25H26Cl2N8O3/c1-5-19(36)34-8-6-33(7-9-34)13-18-30-24-15(20-21(26)16(37-3)11-17(38-4)22(20)27)10-14-12-29-25(28-2)31-23(14)35(24)32-18/h5,10-12H,1,6-9,13H2,2-4H3,(H,28,29,31). The molecule has 198 valence electrons. The van der Waals surface area contributed by atoms with Gasteiger partial charge in [0.25, 0.3) is 0 Å². The molecule has 0 bridgehead atoms. The summed E-state index contributed by atoms with van der Waals surface area (Å²) in [6, 6.07) is 3.52. The highest BCUT2D eigenvalue weighted by Gasteiger charge is 2.25. The minimum Gasteiger partial charge on any atom is -0.495 e. The zero-order valence-corrected chi connectivity index (χ0v) is 22.7. The molecule has 0 aliphatic carbocycles. The fourth-order valence-electron chi connectivity index (χ4n) is 4.50. The molecule has 1 amide bonds. The molecule has 1 aromatic carbocycles. The van der Waals surface area contributed by atoms with Crippen LogP contribution in [0.1, 0.15) is 5.82 Å². The summed E-state index contributed by atoms with van der Waals surface area (Å²) in [5, 5.41) is 9.13. The van der Waals surface area contributed by atoms with Crippen molar-refractivity contribution < 1.29 is 14.3 Å². The number of pyridine rings is 1. The maximum absolute atomic E-state index is 11.9. The number of nitrogens with one attached hydrogen (secondary N) is 1. The SMILES string of the molecule is C=CC(=O)N1CCN(Cc2nc3c(-c4c(Cl)c(OC)cc(OC)c4Cl)cc4cnc(NC)nc4n3n2)CC1. The van der Waals surface area contributed by atoms with Gasteiger partial charge in [-0.25, -0.2) is 9.97 Å². The number of methoxy groups -OCH3 is 2. The number of ether oxygens (including phenoxy) is 2. The van der Waals surface area contributed by atoms with Crippen molar-refractivity contribution in [2.24, 2.45) is 0 Å². The molecule has 4 heterocycles. The van der Waals surface area contributed by atoms with Gasteiger partial charge in [-0.2, -0.15) is 9.50 Å². The summed E-state index contributed by atoms with van der Waals surface area (Å²) in [5.41, 5.74) is 2.23. The first-order valence-electron chi connectivity index (χ1n) is 11.9. The smallest absolute Gasteiger partial charge is 0.246 e. The van der Waals surface area contributed by atoms with Gasteiger partial charge >= 0.3 is 0 Å². The van der Waals surface area contributed by atoms with Crippen LogP contribution in [-0.2, 0) is 11.3 Å². The van der Waals surface area contributed by atoms with E-state index < -0.39 is 0 Å². The van der Waals surface area contributed by atoms with Gasteiger partial charge in [-0.1, -0.05) is 29.8 Å². The Balaban J connectivity index is 1.64. The van der Waals surface area contributed by atoms with Gasteiger partial charge in [-0.05, 0) is 12.1 Å². The molecular formula is C25H26Cl2N8O3. The highest BCUT2D eigenvalue weighted by atomic mass is 35.5. The topological polar surface area (TPSA) is 110 Å². The third-order valence-electron chi connectivity index (χ3n) is 6.48. The van der Waals surface area contributed by atoms with Crippen molar-refractivity contribution in [2.75, 3.05) is 52.8 Å². The molecule has 0 spiro atoms. The molecule has 0 saturated carbocycles. The Bertz CT molecular complexity index is 1520. The maximum Gasteiger partial charge on any atom is 0.246 e. The predicted octanol–water partition coefficient (Wildman–Crippen LogP) is 3.54. The fraction of sp³-hybridized carbons (Fsp3) is 0.320. The van der Waals surface area contributed by atoms with Crippen molar-refractivity contribution in [3.63, 3.8) is 0 Å². The highest BCUT2D eigenvalue weighted by Crippen LogP contribution is 2.47. The number of hydrogen-bond acceptors (Lipinski definition) is 9. The summed E-state index contributed by atoms with van der Waals surface area (Å²) in [4.78, 5) is 29.8. The summed E-state index contributed by atoms with van der Waals surface area (Å²) in [6.07, 6.45) is 3.05. The van der Waals surface area contributed by atoms with Crippen LogP contribution in [0.15, 0.2) is 31.0 Å². The summed E-state index contributed by atoms with van der Waals surface area (Å²) in [7, 11) is 4.80. The van der Waals surface area contributed by atoms with E-state index in [1.165, 1.54) is 20.3 Å². The minimum atomic E-state index is -0.0610. The second-order valence-corrected chi connectivity index (χ2v) is 9.39. The van der Waals surface area contributed by atoms with Crippen LogP contribution in [-0.4, -0.2) is 87.7 Å². The Hall–Kier alpha value is -3.67. The van der Waals surface area contributed by atoms with Crippen LogP contribution in [0.5, 0.6) is 11.5 Å². The lowest BCUT2D eigenvalue weighted by atomic mass is 10.0. The van der Waals surface area contributed by atoms with Gasteiger partial charge in [0.1, 0.15) is 11.5 Å². The average Bonchev–Trinajstić information content (AvgIpc) is 3.37. The monoisotopic (exact) mass is 556 g/mol. The van der Waals surface area contributed by atoms with Gasteiger partial charge in [-0.3, -0.25) is 9.69 Å². The largest absolute Gasteiger partial charge is 0.495 e. The third-order valence-corrected chi connectivity index (χ3v) is 7.23. The van der Waals surface area contributed by atoms with Gasteiger partial charge in [-0.15, -0.1) is 5.10 Å². The Labute approximate surface area is 229 Å². The zero-order valence-electron chi connectivity index (χ0n) is 21.2. The number of piperazine rings is 1. The average molecular weight is 557 g/mol. The van der Waals surface area contributed by atoms with Crippen LogP contribution in [0.3, 0.4) is 0 Å². The molecule has 0 atom stereocenters. The van der Waals surface area contributed by atoms with Crippen molar-refractivity contribution in [3.8, 4) is 22.6 Å². The molecule has 5 rings (SSSR count). The summed E-state index contributed by atoms with van der Waals surface area (Å²) < 4.78 is 12.7. The number of rotatable bonds is 7. The van der Waals surface area contributed by atoms with Crippen molar-refractivity contribution in [1.82, 2.24) is 34.4 Å². The van der Waals surface area contributed by atoms with Crippen molar-refractivity contribution in [3.05, 3.63) is 46.9 Å². The molecule has 0 unspecified atom stereocenters. The fourth-order valence-corrected chi connectivity index (χ4v) is 5.20. The van der Waals surface area contributed by atoms with Crippen LogP contribution in [0.2, 0.25) is 10.0 Å². The number of nitrogens with zero attached hydrogens (tertiary/aromatic N) is 7. The van der Waals surface area contributed by atoms with E-state index >= 15 is 0 Å². The van der Waals surface area contributed by atoms with E-state index in [-0.39, 0.29) is 5.91 Å². The number of anilines is 1. The first-order valence-corrected chi connectivity index (χ1v) is 12.6. The molecule has 1 fully saturated rings. The quantitative estimate of drug-likeness (QED) is 0.341. The Morgan fingerprint density at radius 2 is 1.76 bits per heavy atom. The lowest BCUT2D eigenvalue weighted by Crippen LogP contribution is -2.47. The molecule has 38 heavy (non-hydrogen) atoms. The lowest BCUT2D eigenvalue weighted by molar-refractivity contribution is -0.127. The molecule has 1 aliphatic heterocycles. The van der Waals surface area contributed by atoms with Crippen LogP contribution >= 0.6 is 23.2 Å². The number of carbonyl (C=O) groups is 1. The molecule has 0 radical (unpaired) electrons. The van der Waals surface area contributed by atoms with Crippen molar-refractivity contribution >= 4 is 51.7 Å². The number of carbonyl (C=O) groups excluding carboxylic acids is 1. The van der Waals surface area contributed by atoms with Crippen LogP contribution in [0, 0.1) is 0 Å². The summed E-state index contributed by atoms with van der Waals surface area (Å²) in [6.45, 7) is 6.68. The van der Waals surface area contributed by atoms with E-state index in [1.54, 1.807) is 28.7 Å². The van der Waals surface area contributed by atoms with E-state index in [0.29, 0.717) is 93.8 Å². The normalized spacial score (nSPS) is 14.2. The molecule has 1 saturated heterocycles. The van der Waals surface area contributed by atoms with Gasteiger partial charge in [0.05, 0.1) is 30.8 Å². The number of amides is 1. The zero-order chi connectivity index (χ0) is 27.0.